The molecule has 1 aliphatic rings. The second-order valence-electron chi connectivity index (χ2n) is 8.55. The molecule has 3 aromatic heterocycles. The van der Waals surface area contributed by atoms with Gasteiger partial charge in [0, 0.05) is 48.1 Å². The number of H-pyrrole nitrogens is 1. The van der Waals surface area contributed by atoms with Crippen LogP contribution in [-0.4, -0.2) is 39.8 Å². The summed E-state index contributed by atoms with van der Waals surface area (Å²) in [4.78, 5) is 22.9. The molecular formula is C25H24ClFN4O2. The van der Waals surface area contributed by atoms with Gasteiger partial charge in [-0.2, -0.15) is 0 Å². The van der Waals surface area contributed by atoms with Crippen molar-refractivity contribution in [3.8, 4) is 11.1 Å². The number of fused-ring (bicyclic) bond motifs is 1. The van der Waals surface area contributed by atoms with Crippen molar-refractivity contribution in [2.45, 2.75) is 32.6 Å². The van der Waals surface area contributed by atoms with Gasteiger partial charge in [0.25, 0.3) is 5.56 Å². The summed E-state index contributed by atoms with van der Waals surface area (Å²) in [6.45, 7) is 5.85. The van der Waals surface area contributed by atoms with E-state index in [4.69, 9.17) is 16.3 Å². The molecule has 0 aliphatic carbocycles. The van der Waals surface area contributed by atoms with Gasteiger partial charge in [-0.05, 0) is 37.6 Å². The maximum atomic E-state index is 14.3. The van der Waals surface area contributed by atoms with E-state index in [0.29, 0.717) is 5.56 Å². The molecule has 0 spiro atoms. The Hall–Kier alpha value is -3.16. The van der Waals surface area contributed by atoms with Crippen LogP contribution in [0.15, 0.2) is 59.8 Å². The molecule has 170 valence electrons. The van der Waals surface area contributed by atoms with Crippen LogP contribution in [0.3, 0.4) is 0 Å². The van der Waals surface area contributed by atoms with Gasteiger partial charge in [0.15, 0.2) is 0 Å². The summed E-state index contributed by atoms with van der Waals surface area (Å²) in [5.74, 6) is -0.503. The number of ether oxygens (including phenoxy) is 1. The maximum absolute atomic E-state index is 14.3. The van der Waals surface area contributed by atoms with Crippen LogP contribution in [0.4, 0.5) is 10.1 Å². The number of hydrogen-bond acceptors (Lipinski definition) is 4. The predicted octanol–water partition coefficient (Wildman–Crippen LogP) is 4.85. The lowest BCUT2D eigenvalue weighted by atomic mass is 10.1. The summed E-state index contributed by atoms with van der Waals surface area (Å²) in [7, 11) is 0. The number of nitrogens with zero attached hydrogens (tertiary/aromatic N) is 3. The second kappa shape index (κ2) is 8.65. The van der Waals surface area contributed by atoms with Crippen LogP contribution in [0.5, 0.6) is 0 Å². The van der Waals surface area contributed by atoms with E-state index in [9.17, 15) is 9.18 Å². The van der Waals surface area contributed by atoms with E-state index in [2.05, 4.69) is 34.8 Å². The fraction of sp³-hybridized carbons (Fsp3) is 0.280. The molecule has 0 saturated carbocycles. The monoisotopic (exact) mass is 466 g/mol. The minimum atomic E-state index is -0.503. The Balaban J connectivity index is 1.47. The Labute approximate surface area is 195 Å². The van der Waals surface area contributed by atoms with Crippen molar-refractivity contribution in [1.29, 1.82) is 0 Å². The SMILES string of the molecule is CC1CN(c2cnc3[nH]cc(-c4ccn(Cc5cccc(Cl)c5F)c(=O)c4)c3c2)C[C@H](C)O1. The van der Waals surface area contributed by atoms with E-state index in [-0.39, 0.29) is 29.3 Å². The van der Waals surface area contributed by atoms with Crippen LogP contribution < -0.4 is 10.5 Å². The first-order valence-electron chi connectivity index (χ1n) is 10.9. The third-order valence-corrected chi connectivity index (χ3v) is 6.27. The summed E-state index contributed by atoms with van der Waals surface area (Å²) < 4.78 is 21.6. The smallest absolute Gasteiger partial charge is 0.251 e. The van der Waals surface area contributed by atoms with E-state index < -0.39 is 5.82 Å². The van der Waals surface area contributed by atoms with Crippen molar-refractivity contribution in [2.75, 3.05) is 18.0 Å². The number of anilines is 1. The zero-order valence-corrected chi connectivity index (χ0v) is 19.1. The molecule has 5 rings (SSSR count). The molecule has 8 heteroatoms. The largest absolute Gasteiger partial charge is 0.372 e. The van der Waals surface area contributed by atoms with E-state index in [1.807, 2.05) is 18.5 Å². The Kier molecular flexibility index (Phi) is 5.68. The summed E-state index contributed by atoms with van der Waals surface area (Å²) in [6, 6.07) is 10.3. The maximum Gasteiger partial charge on any atom is 0.251 e. The molecule has 4 heterocycles. The molecule has 1 aliphatic heterocycles. The first-order valence-corrected chi connectivity index (χ1v) is 11.3. The lowest BCUT2D eigenvalue weighted by Crippen LogP contribution is -2.45. The van der Waals surface area contributed by atoms with Crippen molar-refractivity contribution in [2.24, 2.45) is 0 Å². The van der Waals surface area contributed by atoms with Crippen LogP contribution >= 0.6 is 11.6 Å². The average Bonchev–Trinajstić information content (AvgIpc) is 3.21. The van der Waals surface area contributed by atoms with Gasteiger partial charge in [-0.1, -0.05) is 23.7 Å². The minimum absolute atomic E-state index is 0.0447. The highest BCUT2D eigenvalue weighted by molar-refractivity contribution is 6.30. The normalized spacial score (nSPS) is 18.7. The fourth-order valence-electron chi connectivity index (χ4n) is 4.45. The molecule has 0 radical (unpaired) electrons. The zero-order chi connectivity index (χ0) is 23.1. The molecule has 0 amide bonds. The highest BCUT2D eigenvalue weighted by Crippen LogP contribution is 2.31. The van der Waals surface area contributed by atoms with Crippen LogP contribution in [-0.2, 0) is 11.3 Å². The molecule has 1 aromatic carbocycles. The summed E-state index contributed by atoms with van der Waals surface area (Å²) in [5.41, 5.74) is 3.60. The van der Waals surface area contributed by atoms with E-state index in [0.717, 1.165) is 40.9 Å². The van der Waals surface area contributed by atoms with Crippen LogP contribution in [0.1, 0.15) is 19.4 Å². The van der Waals surface area contributed by atoms with Crippen molar-refractivity contribution in [1.82, 2.24) is 14.5 Å². The molecule has 1 fully saturated rings. The van der Waals surface area contributed by atoms with E-state index in [1.54, 1.807) is 24.4 Å². The number of halogens is 2. The van der Waals surface area contributed by atoms with Crippen molar-refractivity contribution in [3.63, 3.8) is 0 Å². The second-order valence-corrected chi connectivity index (χ2v) is 8.96. The van der Waals surface area contributed by atoms with Gasteiger partial charge < -0.3 is 19.2 Å². The Morgan fingerprint density at radius 3 is 2.76 bits per heavy atom. The number of benzene rings is 1. The molecule has 0 bridgehead atoms. The molecule has 1 unspecified atom stereocenters. The van der Waals surface area contributed by atoms with Gasteiger partial charge in [0.05, 0.1) is 35.7 Å². The third-order valence-electron chi connectivity index (χ3n) is 5.98. The Bertz CT molecular complexity index is 1370. The first-order chi connectivity index (χ1) is 15.9. The quantitative estimate of drug-likeness (QED) is 0.467. The fourth-order valence-corrected chi connectivity index (χ4v) is 4.65. The van der Waals surface area contributed by atoms with Crippen molar-refractivity contribution >= 4 is 28.3 Å². The molecule has 33 heavy (non-hydrogen) atoms. The number of aromatic nitrogens is 3. The molecule has 6 nitrogen and oxygen atoms in total. The van der Waals surface area contributed by atoms with Crippen LogP contribution in [0, 0.1) is 5.82 Å². The zero-order valence-electron chi connectivity index (χ0n) is 18.4. The molecular weight excluding hydrogens is 443 g/mol. The average molecular weight is 467 g/mol. The molecule has 1 N–H and O–H groups in total. The van der Waals surface area contributed by atoms with Gasteiger partial charge in [-0.15, -0.1) is 0 Å². The Morgan fingerprint density at radius 2 is 2.00 bits per heavy atom. The van der Waals surface area contributed by atoms with Crippen molar-refractivity contribution in [3.05, 3.63) is 81.7 Å². The number of morpholine rings is 1. The summed E-state index contributed by atoms with van der Waals surface area (Å²) >= 11 is 5.87. The van der Waals surface area contributed by atoms with E-state index >= 15 is 0 Å². The van der Waals surface area contributed by atoms with Gasteiger partial charge in [0.2, 0.25) is 0 Å². The molecule has 2 atom stereocenters. The predicted molar refractivity (Wildman–Crippen MR) is 129 cm³/mol. The molecule has 4 aromatic rings. The van der Waals surface area contributed by atoms with Gasteiger partial charge in [-0.25, -0.2) is 9.37 Å². The van der Waals surface area contributed by atoms with Crippen molar-refractivity contribution < 1.29 is 9.13 Å². The van der Waals surface area contributed by atoms with Crippen LogP contribution in [0.2, 0.25) is 5.02 Å². The summed E-state index contributed by atoms with van der Waals surface area (Å²) in [5, 5.41) is 0.987. The van der Waals surface area contributed by atoms with Gasteiger partial charge in [0.1, 0.15) is 11.5 Å². The topological polar surface area (TPSA) is 63.2 Å². The number of aromatic amines is 1. The number of nitrogens with one attached hydrogen (secondary N) is 1. The molecule has 1 saturated heterocycles. The summed E-state index contributed by atoms with van der Waals surface area (Å²) in [6.07, 6.45) is 5.70. The highest BCUT2D eigenvalue weighted by Gasteiger charge is 2.23. The highest BCUT2D eigenvalue weighted by atomic mass is 35.5. The minimum Gasteiger partial charge on any atom is -0.372 e. The number of hydrogen-bond donors (Lipinski definition) is 1. The number of rotatable bonds is 4. The van der Waals surface area contributed by atoms with Gasteiger partial charge in [-0.3, -0.25) is 4.79 Å². The first kappa shape index (κ1) is 21.7. The third kappa shape index (κ3) is 4.26. The number of pyridine rings is 2. The lowest BCUT2D eigenvalue weighted by Gasteiger charge is -2.36. The Morgan fingerprint density at radius 1 is 1.21 bits per heavy atom. The van der Waals surface area contributed by atoms with Gasteiger partial charge >= 0.3 is 0 Å². The van der Waals surface area contributed by atoms with Crippen LogP contribution in [0.25, 0.3) is 22.2 Å². The van der Waals surface area contributed by atoms with E-state index in [1.165, 1.54) is 10.6 Å². The lowest BCUT2D eigenvalue weighted by molar-refractivity contribution is -0.00522. The standard InChI is InChI=1S/C25H24ClFN4O2/c1-15-12-31(13-16(2)33-15)19-9-20-21(11-29-25(20)28-10-19)17-6-7-30(23(32)8-17)14-18-4-3-5-22(26)24(18)27/h3-11,15-16H,12-14H2,1-2H3,(H,28,29)/t15-,16?/m0/s1.